The molecule has 5 N–H and O–H groups in total. The fourth-order valence-electron chi connectivity index (χ4n) is 4.36. The van der Waals surface area contributed by atoms with E-state index in [1.54, 1.807) is 0 Å². The highest BCUT2D eigenvalue weighted by atomic mass is 16.6. The Labute approximate surface area is 202 Å². The van der Waals surface area contributed by atoms with Gasteiger partial charge >= 0.3 is 5.97 Å². The van der Waals surface area contributed by atoms with Crippen molar-refractivity contribution < 1.29 is 29.6 Å². The summed E-state index contributed by atoms with van der Waals surface area (Å²) in [6.07, 6.45) is -2.26. The van der Waals surface area contributed by atoms with Crippen molar-refractivity contribution in [2.24, 2.45) is 11.3 Å². The summed E-state index contributed by atoms with van der Waals surface area (Å²) < 4.78 is 6.66. The van der Waals surface area contributed by atoms with Gasteiger partial charge in [-0.15, -0.1) is 0 Å². The first-order valence-electron chi connectivity index (χ1n) is 11.5. The number of ether oxygens (including phenoxy) is 1. The molecule has 0 radical (unpaired) electrons. The number of carboxylic acid groups (broad SMARTS) is 1. The van der Waals surface area contributed by atoms with Crippen LogP contribution in [0.5, 0.6) is 0 Å². The number of aromatic nitrogens is 4. The number of hydrogen-bond donors (Lipinski definition) is 4. The summed E-state index contributed by atoms with van der Waals surface area (Å²) >= 11 is 0. The SMILES string of the molecule is CC(C)(C)C(=O)N1CCC(CC#Cc2nc(N)c3ncn(C4OC(C(=O)O)C(O)C4O)c3n2)CC1. The number of aliphatic carboxylic acids is 1. The molecule has 0 saturated carbocycles. The largest absolute Gasteiger partial charge is 0.479 e. The predicted octanol–water partition coefficient (Wildman–Crippen LogP) is 0.139. The fourth-order valence-corrected chi connectivity index (χ4v) is 4.36. The number of nitrogen functional groups attached to an aromatic ring is 1. The molecule has 2 aromatic heterocycles. The van der Waals surface area contributed by atoms with Crippen LogP contribution in [0.25, 0.3) is 11.2 Å². The van der Waals surface area contributed by atoms with Gasteiger partial charge in [0.15, 0.2) is 23.8 Å². The van der Waals surface area contributed by atoms with Crippen molar-refractivity contribution >= 4 is 28.9 Å². The number of piperidine rings is 1. The Morgan fingerprint density at radius 1 is 1.20 bits per heavy atom. The summed E-state index contributed by atoms with van der Waals surface area (Å²) in [7, 11) is 0. The van der Waals surface area contributed by atoms with Crippen LogP contribution in [-0.2, 0) is 14.3 Å². The number of carboxylic acids is 1. The van der Waals surface area contributed by atoms with Crippen LogP contribution in [0.3, 0.4) is 0 Å². The Kier molecular flexibility index (Phi) is 6.68. The van der Waals surface area contributed by atoms with E-state index in [9.17, 15) is 24.9 Å². The maximum absolute atomic E-state index is 12.4. The number of nitrogens with two attached hydrogens (primary N) is 1. The van der Waals surface area contributed by atoms with Gasteiger partial charge in [0.2, 0.25) is 11.7 Å². The summed E-state index contributed by atoms with van der Waals surface area (Å²) in [6, 6.07) is 0. The molecule has 0 spiro atoms. The molecule has 2 saturated heterocycles. The highest BCUT2D eigenvalue weighted by molar-refractivity contribution is 5.82. The quantitative estimate of drug-likeness (QED) is 0.436. The average Bonchev–Trinajstić information content (AvgIpc) is 3.34. The molecule has 1 amide bonds. The van der Waals surface area contributed by atoms with Gasteiger partial charge in [-0.3, -0.25) is 9.36 Å². The molecule has 4 heterocycles. The van der Waals surface area contributed by atoms with Crippen molar-refractivity contribution in [2.45, 2.75) is 64.6 Å². The first-order valence-corrected chi connectivity index (χ1v) is 11.5. The second-order valence-corrected chi connectivity index (χ2v) is 10.0. The number of likely N-dealkylation sites (tertiary alicyclic amines) is 1. The topological polar surface area (TPSA) is 177 Å². The van der Waals surface area contributed by atoms with Crippen LogP contribution in [0.4, 0.5) is 5.82 Å². The zero-order valence-electron chi connectivity index (χ0n) is 19.9. The number of hydrogen-bond acceptors (Lipinski definition) is 9. The van der Waals surface area contributed by atoms with Gasteiger partial charge in [-0.25, -0.2) is 19.7 Å². The zero-order chi connectivity index (χ0) is 25.5. The number of amides is 1. The fraction of sp³-hybridized carbons (Fsp3) is 0.609. The summed E-state index contributed by atoms with van der Waals surface area (Å²) in [4.78, 5) is 38.3. The highest BCUT2D eigenvalue weighted by Gasteiger charge is 2.48. The average molecular weight is 487 g/mol. The van der Waals surface area contributed by atoms with Crippen LogP contribution >= 0.6 is 0 Å². The van der Waals surface area contributed by atoms with Crippen molar-refractivity contribution in [3.8, 4) is 11.8 Å². The molecule has 12 nitrogen and oxygen atoms in total. The van der Waals surface area contributed by atoms with Gasteiger partial charge in [-0.1, -0.05) is 26.7 Å². The van der Waals surface area contributed by atoms with E-state index in [1.807, 2.05) is 25.7 Å². The van der Waals surface area contributed by atoms with E-state index in [-0.39, 0.29) is 34.1 Å². The lowest BCUT2D eigenvalue weighted by molar-refractivity contribution is -0.155. The summed E-state index contributed by atoms with van der Waals surface area (Å²) in [6.45, 7) is 7.20. The third kappa shape index (κ3) is 4.93. The number of fused-ring (bicyclic) bond motifs is 1. The van der Waals surface area contributed by atoms with Crippen LogP contribution in [0, 0.1) is 23.2 Å². The predicted molar refractivity (Wildman–Crippen MR) is 124 cm³/mol. The lowest BCUT2D eigenvalue weighted by Crippen LogP contribution is -2.44. The van der Waals surface area contributed by atoms with Gasteiger partial charge in [0, 0.05) is 24.9 Å². The normalized spacial score (nSPS) is 25.5. The summed E-state index contributed by atoms with van der Waals surface area (Å²) in [5.74, 6) is 5.37. The Balaban J connectivity index is 1.47. The number of aliphatic hydroxyl groups excluding tert-OH is 2. The third-order valence-corrected chi connectivity index (χ3v) is 6.34. The monoisotopic (exact) mass is 486 g/mol. The second kappa shape index (κ2) is 9.41. The molecule has 0 aromatic carbocycles. The molecular weight excluding hydrogens is 456 g/mol. The van der Waals surface area contributed by atoms with Crippen LogP contribution in [0.15, 0.2) is 6.33 Å². The van der Waals surface area contributed by atoms with E-state index in [4.69, 9.17) is 10.5 Å². The first-order chi connectivity index (χ1) is 16.5. The van der Waals surface area contributed by atoms with E-state index in [0.29, 0.717) is 25.4 Å². The summed E-state index contributed by atoms with van der Waals surface area (Å²) in [5, 5.41) is 29.5. The standard InChI is InChI=1S/C23H30N6O6/c1-23(2,3)22(34)28-9-7-12(8-10-28)5-4-6-13-26-18(24)14-19(27-13)29(11-25-14)20-16(31)15(30)17(35-20)21(32)33/h11-12,15-17,20,30-31H,5,7-10H2,1-3H3,(H,32,33)(H2,24,26,27). The van der Waals surface area contributed by atoms with Gasteiger partial charge < -0.3 is 30.7 Å². The summed E-state index contributed by atoms with van der Waals surface area (Å²) in [5.41, 5.74) is 6.09. The molecule has 4 unspecified atom stereocenters. The van der Waals surface area contributed by atoms with E-state index in [1.165, 1.54) is 10.9 Å². The number of nitrogens with zero attached hydrogens (tertiary/aromatic N) is 5. The van der Waals surface area contributed by atoms with Crippen molar-refractivity contribution in [1.82, 2.24) is 24.4 Å². The lowest BCUT2D eigenvalue weighted by Gasteiger charge is -2.35. The maximum atomic E-state index is 12.4. The van der Waals surface area contributed by atoms with Crippen LogP contribution in [0.1, 0.15) is 52.1 Å². The number of carbonyl (C=O) groups excluding carboxylic acids is 1. The zero-order valence-corrected chi connectivity index (χ0v) is 19.9. The third-order valence-electron chi connectivity index (χ3n) is 6.34. The minimum absolute atomic E-state index is 0.0786. The first kappa shape index (κ1) is 24.8. The van der Waals surface area contributed by atoms with Gasteiger partial charge in [-0.05, 0) is 24.7 Å². The van der Waals surface area contributed by atoms with Crippen molar-refractivity contribution in [2.75, 3.05) is 18.8 Å². The van der Waals surface area contributed by atoms with E-state index >= 15 is 0 Å². The number of imidazole rings is 1. The smallest absolute Gasteiger partial charge is 0.335 e. The van der Waals surface area contributed by atoms with Crippen molar-refractivity contribution in [3.63, 3.8) is 0 Å². The Bertz CT molecular complexity index is 1190. The van der Waals surface area contributed by atoms with Crippen LogP contribution in [0.2, 0.25) is 0 Å². The molecular formula is C23H30N6O6. The van der Waals surface area contributed by atoms with Gasteiger partial charge in [0.05, 0.1) is 6.33 Å². The molecule has 0 aliphatic carbocycles. The molecule has 4 atom stereocenters. The van der Waals surface area contributed by atoms with E-state index < -0.39 is 30.5 Å². The van der Waals surface area contributed by atoms with Gasteiger partial charge in [0.25, 0.3) is 0 Å². The van der Waals surface area contributed by atoms with Crippen LogP contribution in [-0.4, -0.2) is 83.0 Å². The molecule has 2 aliphatic rings. The minimum atomic E-state index is -1.61. The number of rotatable bonds is 3. The molecule has 12 heteroatoms. The Morgan fingerprint density at radius 2 is 1.89 bits per heavy atom. The van der Waals surface area contributed by atoms with E-state index in [0.717, 1.165) is 12.8 Å². The van der Waals surface area contributed by atoms with Crippen molar-refractivity contribution in [1.29, 1.82) is 0 Å². The lowest BCUT2D eigenvalue weighted by atomic mass is 9.90. The molecule has 35 heavy (non-hydrogen) atoms. The molecule has 2 aromatic rings. The Morgan fingerprint density at radius 3 is 2.49 bits per heavy atom. The molecule has 4 rings (SSSR count). The van der Waals surface area contributed by atoms with Crippen LogP contribution < -0.4 is 5.73 Å². The maximum Gasteiger partial charge on any atom is 0.335 e. The molecule has 188 valence electrons. The number of carbonyl (C=O) groups is 2. The Hall–Kier alpha value is -3.27. The number of aliphatic hydroxyl groups is 2. The van der Waals surface area contributed by atoms with Gasteiger partial charge in [0.1, 0.15) is 17.7 Å². The minimum Gasteiger partial charge on any atom is -0.479 e. The molecule has 2 aliphatic heterocycles. The number of anilines is 1. The highest BCUT2D eigenvalue weighted by Crippen LogP contribution is 2.32. The van der Waals surface area contributed by atoms with Gasteiger partial charge in [-0.2, -0.15) is 0 Å². The molecule has 0 bridgehead atoms. The second-order valence-electron chi connectivity index (χ2n) is 10.0. The van der Waals surface area contributed by atoms with E-state index in [2.05, 4.69) is 26.8 Å². The van der Waals surface area contributed by atoms with Crippen molar-refractivity contribution in [3.05, 3.63) is 12.2 Å². The molecule has 2 fully saturated rings.